The number of aliphatic hydroxyl groups is 1. The van der Waals surface area contributed by atoms with E-state index in [1.54, 1.807) is 24.5 Å². The molecule has 0 saturated carbocycles. The van der Waals surface area contributed by atoms with Crippen molar-refractivity contribution in [1.29, 1.82) is 0 Å². The van der Waals surface area contributed by atoms with Crippen LogP contribution in [0, 0.1) is 0 Å². The van der Waals surface area contributed by atoms with E-state index in [1.165, 1.54) is 10.9 Å². The second kappa shape index (κ2) is 7.79. The predicted molar refractivity (Wildman–Crippen MR) is 106 cm³/mol. The van der Waals surface area contributed by atoms with Crippen molar-refractivity contribution in [1.82, 2.24) is 19.9 Å². The smallest absolute Gasteiger partial charge is 0.261 e. The predicted octanol–water partition coefficient (Wildman–Crippen LogP) is 1.79. The van der Waals surface area contributed by atoms with Gasteiger partial charge in [-0.25, -0.2) is 4.98 Å². The molecule has 1 aromatic carbocycles. The molecular formula is C20H19ClN4O3. The maximum Gasteiger partial charge on any atom is 0.261 e. The lowest BCUT2D eigenvalue weighted by molar-refractivity contribution is -0.120. The molecule has 144 valence electrons. The Kier molecular flexibility index (Phi) is 5.21. The number of pyridine rings is 1. The van der Waals surface area contributed by atoms with Gasteiger partial charge in [0.25, 0.3) is 5.56 Å². The molecule has 3 aromatic rings. The number of carbonyl (C=O) groups excluding carboxylic acids is 1. The molecule has 2 atom stereocenters. The van der Waals surface area contributed by atoms with E-state index in [0.29, 0.717) is 28.9 Å². The van der Waals surface area contributed by atoms with E-state index in [2.05, 4.69) is 15.3 Å². The van der Waals surface area contributed by atoms with Crippen LogP contribution in [0.3, 0.4) is 0 Å². The van der Waals surface area contributed by atoms with E-state index in [1.807, 2.05) is 12.1 Å². The zero-order chi connectivity index (χ0) is 19.7. The van der Waals surface area contributed by atoms with Crippen molar-refractivity contribution in [2.75, 3.05) is 6.54 Å². The zero-order valence-electron chi connectivity index (χ0n) is 15.0. The number of nitrogens with one attached hydrogen (secondary N) is 1. The Morgan fingerprint density at radius 3 is 2.82 bits per heavy atom. The topological polar surface area (TPSA) is 97.1 Å². The third-order valence-electron chi connectivity index (χ3n) is 5.01. The average molecular weight is 399 g/mol. The second-order valence-electron chi connectivity index (χ2n) is 6.92. The lowest BCUT2D eigenvalue weighted by Gasteiger charge is -2.14. The third-order valence-corrected chi connectivity index (χ3v) is 5.32. The molecule has 8 heteroatoms. The van der Waals surface area contributed by atoms with Gasteiger partial charge in [-0.2, -0.15) is 0 Å². The molecule has 1 aliphatic heterocycles. The van der Waals surface area contributed by atoms with Crippen LogP contribution >= 0.6 is 11.6 Å². The third kappa shape index (κ3) is 3.69. The van der Waals surface area contributed by atoms with Crippen LogP contribution in [0.4, 0.5) is 0 Å². The largest absolute Gasteiger partial charge is 0.391 e. The number of carbonyl (C=O) groups is 1. The zero-order valence-corrected chi connectivity index (χ0v) is 15.8. The summed E-state index contributed by atoms with van der Waals surface area (Å²) in [4.78, 5) is 33.5. The minimum atomic E-state index is -0.527. The van der Waals surface area contributed by atoms with E-state index < -0.39 is 6.10 Å². The number of halogens is 1. The fourth-order valence-corrected chi connectivity index (χ4v) is 3.78. The normalized spacial score (nSPS) is 19.2. The fourth-order valence-electron chi connectivity index (χ4n) is 3.51. The molecule has 4 rings (SSSR count). The summed E-state index contributed by atoms with van der Waals surface area (Å²) in [6.07, 6.45) is 5.00. The molecule has 0 radical (unpaired) electrons. The van der Waals surface area contributed by atoms with Crippen molar-refractivity contribution in [2.24, 2.45) is 0 Å². The highest BCUT2D eigenvalue weighted by molar-refractivity contribution is 6.34. The summed E-state index contributed by atoms with van der Waals surface area (Å²) in [5, 5.41) is 13.7. The number of nitrogens with zero attached hydrogens (tertiary/aromatic N) is 3. The summed E-state index contributed by atoms with van der Waals surface area (Å²) in [6.45, 7) is 0.602. The molecular weight excluding hydrogens is 380 g/mol. The van der Waals surface area contributed by atoms with Crippen molar-refractivity contribution >= 4 is 28.3 Å². The van der Waals surface area contributed by atoms with Crippen molar-refractivity contribution in [2.45, 2.75) is 31.5 Å². The molecule has 28 heavy (non-hydrogen) atoms. The Balaban J connectivity index is 1.62. The van der Waals surface area contributed by atoms with Gasteiger partial charge in [0.05, 0.1) is 29.9 Å². The first-order chi connectivity index (χ1) is 13.5. The number of ketones is 1. The monoisotopic (exact) mass is 398 g/mol. The first-order valence-electron chi connectivity index (χ1n) is 9.05. The number of aliphatic hydroxyl groups excluding tert-OH is 1. The molecule has 1 saturated heterocycles. The van der Waals surface area contributed by atoms with Crippen molar-refractivity contribution in [3.05, 3.63) is 58.4 Å². The maximum atomic E-state index is 12.8. The Labute approximate surface area is 166 Å². The first-order valence-corrected chi connectivity index (χ1v) is 9.43. The van der Waals surface area contributed by atoms with Crippen LogP contribution in [0.1, 0.15) is 12.8 Å². The standard InChI is InChI=1S/C20H19ClN4O3/c21-16-8-15-17(9-14(16)12-1-4-22-5-2-12)24-11-25(20(15)28)10-13(26)7-18-19(27)3-6-23-18/h1-2,4-5,8-9,11,18-19,23,27H,3,6-7,10H2/t18-,19+/m0/s1. The number of hydrogen-bond acceptors (Lipinski definition) is 6. The molecule has 1 aliphatic rings. The van der Waals surface area contributed by atoms with Gasteiger partial charge in [0.2, 0.25) is 0 Å². The van der Waals surface area contributed by atoms with Gasteiger partial charge in [-0.15, -0.1) is 0 Å². The summed E-state index contributed by atoms with van der Waals surface area (Å²) in [6, 6.07) is 6.76. The highest BCUT2D eigenvalue weighted by Gasteiger charge is 2.26. The van der Waals surface area contributed by atoms with Gasteiger partial charge < -0.3 is 10.4 Å². The summed E-state index contributed by atoms with van der Waals surface area (Å²) in [5.41, 5.74) is 1.84. The number of fused-ring (bicyclic) bond motifs is 1. The van der Waals surface area contributed by atoms with Crippen LogP contribution in [-0.4, -0.2) is 44.1 Å². The van der Waals surface area contributed by atoms with Crippen LogP contribution in [0.15, 0.2) is 47.8 Å². The molecule has 0 aliphatic carbocycles. The molecule has 2 N–H and O–H groups in total. The average Bonchev–Trinajstić information content (AvgIpc) is 3.09. The van der Waals surface area contributed by atoms with E-state index in [9.17, 15) is 14.7 Å². The van der Waals surface area contributed by atoms with Crippen LogP contribution in [0.2, 0.25) is 5.02 Å². The molecule has 7 nitrogen and oxygen atoms in total. The quantitative estimate of drug-likeness (QED) is 0.680. The van der Waals surface area contributed by atoms with Gasteiger partial charge in [0, 0.05) is 35.4 Å². The first kappa shape index (κ1) is 18.7. The van der Waals surface area contributed by atoms with Crippen LogP contribution in [0.25, 0.3) is 22.0 Å². The van der Waals surface area contributed by atoms with Gasteiger partial charge in [0.1, 0.15) is 0 Å². The lowest BCUT2D eigenvalue weighted by atomic mass is 10.0. The van der Waals surface area contributed by atoms with Crippen LogP contribution in [-0.2, 0) is 11.3 Å². The summed E-state index contributed by atoms with van der Waals surface area (Å²) < 4.78 is 1.29. The van der Waals surface area contributed by atoms with Crippen molar-refractivity contribution in [3.63, 3.8) is 0 Å². The summed E-state index contributed by atoms with van der Waals surface area (Å²) >= 11 is 6.40. The molecule has 0 amide bonds. The Bertz CT molecular complexity index is 1080. The van der Waals surface area contributed by atoms with E-state index in [4.69, 9.17) is 11.6 Å². The van der Waals surface area contributed by atoms with Crippen molar-refractivity contribution in [3.8, 4) is 11.1 Å². The summed E-state index contributed by atoms with van der Waals surface area (Å²) in [5.74, 6) is -0.138. The SMILES string of the molecule is O=C(C[C@@H]1NCC[C@H]1O)Cn1cnc2cc(-c3ccncc3)c(Cl)cc2c1=O. The van der Waals surface area contributed by atoms with Gasteiger partial charge in [-0.05, 0) is 42.8 Å². The Morgan fingerprint density at radius 2 is 2.11 bits per heavy atom. The molecule has 0 bridgehead atoms. The molecule has 2 aromatic heterocycles. The van der Waals surface area contributed by atoms with E-state index in [-0.39, 0.29) is 30.3 Å². The molecule has 1 fully saturated rings. The van der Waals surface area contributed by atoms with Crippen LogP contribution in [0.5, 0.6) is 0 Å². The van der Waals surface area contributed by atoms with Gasteiger partial charge in [-0.1, -0.05) is 11.6 Å². The summed E-state index contributed by atoms with van der Waals surface area (Å²) in [7, 11) is 0. The number of hydrogen-bond donors (Lipinski definition) is 2. The minimum absolute atomic E-state index is 0.0869. The molecule has 3 heterocycles. The maximum absolute atomic E-state index is 12.8. The van der Waals surface area contributed by atoms with Gasteiger partial charge >= 0.3 is 0 Å². The molecule has 0 unspecified atom stereocenters. The van der Waals surface area contributed by atoms with Gasteiger partial charge in [-0.3, -0.25) is 19.1 Å². The van der Waals surface area contributed by atoms with E-state index in [0.717, 1.165) is 11.1 Å². The lowest BCUT2D eigenvalue weighted by Crippen LogP contribution is -2.34. The molecule has 0 spiro atoms. The highest BCUT2D eigenvalue weighted by atomic mass is 35.5. The minimum Gasteiger partial charge on any atom is -0.391 e. The number of rotatable bonds is 5. The number of aromatic nitrogens is 3. The number of Topliss-reactive ketones (excluding diaryl/α,β-unsaturated/α-hetero) is 1. The second-order valence-corrected chi connectivity index (χ2v) is 7.33. The fraction of sp³-hybridized carbons (Fsp3) is 0.300. The van der Waals surface area contributed by atoms with Crippen LogP contribution < -0.4 is 10.9 Å². The van der Waals surface area contributed by atoms with Crippen molar-refractivity contribution < 1.29 is 9.90 Å². The van der Waals surface area contributed by atoms with E-state index >= 15 is 0 Å². The Morgan fingerprint density at radius 1 is 1.32 bits per heavy atom. The van der Waals surface area contributed by atoms with Gasteiger partial charge in [0.15, 0.2) is 5.78 Å². The highest BCUT2D eigenvalue weighted by Crippen LogP contribution is 2.30. The number of benzene rings is 1. The Hall–Kier alpha value is -2.61.